The molecule has 3 heteroatoms. The number of ether oxygens (including phenoxy) is 1. The first-order valence-corrected chi connectivity index (χ1v) is 8.88. The van der Waals surface area contributed by atoms with Crippen LogP contribution in [0.5, 0.6) is 0 Å². The lowest BCUT2D eigenvalue weighted by atomic mass is 9.90. The van der Waals surface area contributed by atoms with Gasteiger partial charge < -0.3 is 15.0 Å². The Balaban J connectivity index is 1.49. The Bertz CT molecular complexity index is 303. The van der Waals surface area contributed by atoms with Crippen LogP contribution in [0.1, 0.15) is 52.4 Å². The Labute approximate surface area is 124 Å². The molecule has 116 valence electrons. The number of rotatable bonds is 6. The minimum atomic E-state index is 0.521. The molecule has 0 aromatic rings. The summed E-state index contributed by atoms with van der Waals surface area (Å²) in [6.45, 7) is 9.56. The van der Waals surface area contributed by atoms with Gasteiger partial charge in [-0.05, 0) is 70.4 Å². The summed E-state index contributed by atoms with van der Waals surface area (Å²) < 4.78 is 5.96. The van der Waals surface area contributed by atoms with Crippen LogP contribution in [-0.4, -0.2) is 49.3 Å². The van der Waals surface area contributed by atoms with Crippen LogP contribution in [-0.2, 0) is 4.74 Å². The average molecular weight is 280 g/mol. The second-order valence-electron chi connectivity index (χ2n) is 7.23. The fraction of sp³-hybridized carbons (Fsp3) is 1.00. The first kappa shape index (κ1) is 14.8. The summed E-state index contributed by atoms with van der Waals surface area (Å²) in [6, 6.07) is 1.27. The highest BCUT2D eigenvalue weighted by Crippen LogP contribution is 2.39. The molecule has 3 rings (SSSR count). The average Bonchev–Trinajstić information content (AvgIpc) is 3.20. The molecule has 3 nitrogen and oxygen atoms in total. The summed E-state index contributed by atoms with van der Waals surface area (Å²) in [5, 5.41) is 3.93. The van der Waals surface area contributed by atoms with Crippen molar-refractivity contribution >= 4 is 0 Å². The fourth-order valence-electron chi connectivity index (χ4n) is 4.17. The Morgan fingerprint density at radius 2 is 2.10 bits per heavy atom. The number of likely N-dealkylation sites (tertiary alicyclic amines) is 1. The van der Waals surface area contributed by atoms with E-state index in [1.807, 2.05) is 0 Å². The van der Waals surface area contributed by atoms with E-state index in [0.717, 1.165) is 18.4 Å². The molecule has 3 fully saturated rings. The molecule has 0 radical (unpaired) electrons. The molecule has 2 saturated heterocycles. The van der Waals surface area contributed by atoms with Crippen molar-refractivity contribution in [3.8, 4) is 0 Å². The van der Waals surface area contributed by atoms with E-state index < -0.39 is 0 Å². The summed E-state index contributed by atoms with van der Waals surface area (Å²) >= 11 is 0. The Hall–Kier alpha value is -0.120. The van der Waals surface area contributed by atoms with E-state index in [-0.39, 0.29) is 0 Å². The highest BCUT2D eigenvalue weighted by atomic mass is 16.5. The van der Waals surface area contributed by atoms with E-state index in [1.54, 1.807) is 0 Å². The molecule has 0 bridgehead atoms. The summed E-state index contributed by atoms with van der Waals surface area (Å²) in [4.78, 5) is 2.66. The number of nitrogens with zero attached hydrogens (tertiary/aromatic N) is 1. The van der Waals surface area contributed by atoms with Gasteiger partial charge in [0.1, 0.15) is 0 Å². The molecule has 20 heavy (non-hydrogen) atoms. The predicted octanol–water partition coefficient (Wildman–Crippen LogP) is 2.65. The molecule has 1 N–H and O–H groups in total. The number of nitrogens with one attached hydrogen (secondary N) is 1. The quantitative estimate of drug-likeness (QED) is 0.809. The van der Waals surface area contributed by atoms with Crippen LogP contribution < -0.4 is 5.32 Å². The van der Waals surface area contributed by atoms with Gasteiger partial charge in [-0.1, -0.05) is 6.92 Å². The predicted molar refractivity (Wildman–Crippen MR) is 82.9 cm³/mol. The maximum Gasteiger partial charge on any atom is 0.0757 e. The van der Waals surface area contributed by atoms with Crippen molar-refractivity contribution in [2.75, 3.05) is 26.2 Å². The molecule has 2 heterocycles. The number of hydrogen-bond donors (Lipinski definition) is 1. The largest absolute Gasteiger partial charge is 0.376 e. The van der Waals surface area contributed by atoms with Gasteiger partial charge in [-0.2, -0.15) is 0 Å². The topological polar surface area (TPSA) is 24.5 Å². The number of piperidine rings is 1. The molecule has 1 saturated carbocycles. The fourth-order valence-corrected chi connectivity index (χ4v) is 4.17. The van der Waals surface area contributed by atoms with E-state index in [9.17, 15) is 0 Å². The molecule has 0 aromatic heterocycles. The Morgan fingerprint density at radius 3 is 2.85 bits per heavy atom. The van der Waals surface area contributed by atoms with E-state index in [0.29, 0.717) is 18.2 Å². The van der Waals surface area contributed by atoms with Gasteiger partial charge in [-0.25, -0.2) is 0 Å². The van der Waals surface area contributed by atoms with Gasteiger partial charge in [0, 0.05) is 25.2 Å². The third kappa shape index (κ3) is 3.55. The first-order valence-electron chi connectivity index (χ1n) is 8.88. The lowest BCUT2D eigenvalue weighted by Gasteiger charge is -2.37. The molecular formula is C17H32N2O. The van der Waals surface area contributed by atoms with Gasteiger partial charge in [0.15, 0.2) is 0 Å². The second kappa shape index (κ2) is 6.76. The van der Waals surface area contributed by atoms with Crippen LogP contribution >= 0.6 is 0 Å². The zero-order valence-corrected chi connectivity index (χ0v) is 13.3. The molecule has 0 amide bonds. The van der Waals surface area contributed by atoms with Crippen LogP contribution in [0.25, 0.3) is 0 Å². The SMILES string of the molecule is CCCN1CCCC(C(C)NC2CCOC2C2CC2)C1. The summed E-state index contributed by atoms with van der Waals surface area (Å²) in [7, 11) is 0. The number of hydrogen-bond acceptors (Lipinski definition) is 3. The van der Waals surface area contributed by atoms with E-state index in [4.69, 9.17) is 4.74 Å². The van der Waals surface area contributed by atoms with Gasteiger partial charge in [-0.15, -0.1) is 0 Å². The molecule has 0 aromatic carbocycles. The normalized spacial score (nSPS) is 37.2. The van der Waals surface area contributed by atoms with Crippen LogP contribution in [0.4, 0.5) is 0 Å². The van der Waals surface area contributed by atoms with E-state index >= 15 is 0 Å². The first-order chi connectivity index (χ1) is 9.78. The van der Waals surface area contributed by atoms with Crippen molar-refractivity contribution in [2.24, 2.45) is 11.8 Å². The molecule has 0 spiro atoms. The lowest BCUT2D eigenvalue weighted by Crippen LogP contribution is -2.50. The van der Waals surface area contributed by atoms with Gasteiger partial charge in [0.05, 0.1) is 6.10 Å². The minimum absolute atomic E-state index is 0.521. The van der Waals surface area contributed by atoms with E-state index in [1.165, 1.54) is 58.2 Å². The minimum Gasteiger partial charge on any atom is -0.376 e. The third-order valence-corrected chi connectivity index (χ3v) is 5.49. The van der Waals surface area contributed by atoms with Gasteiger partial charge in [0.25, 0.3) is 0 Å². The van der Waals surface area contributed by atoms with Crippen molar-refractivity contribution in [2.45, 2.75) is 70.6 Å². The summed E-state index contributed by atoms with van der Waals surface area (Å²) in [6.07, 6.45) is 8.59. The van der Waals surface area contributed by atoms with Crippen molar-refractivity contribution in [3.63, 3.8) is 0 Å². The standard InChI is InChI=1S/C17H32N2O/c1-3-9-19-10-4-5-15(12-19)13(2)18-16-8-11-20-17(16)14-6-7-14/h13-18H,3-12H2,1-2H3. The van der Waals surface area contributed by atoms with Gasteiger partial charge in [-0.3, -0.25) is 0 Å². The molecule has 3 aliphatic rings. The molecule has 1 aliphatic carbocycles. The highest BCUT2D eigenvalue weighted by molar-refractivity contribution is 4.95. The third-order valence-electron chi connectivity index (χ3n) is 5.49. The van der Waals surface area contributed by atoms with Gasteiger partial charge >= 0.3 is 0 Å². The molecular weight excluding hydrogens is 248 g/mol. The second-order valence-corrected chi connectivity index (χ2v) is 7.23. The molecule has 2 aliphatic heterocycles. The van der Waals surface area contributed by atoms with Crippen molar-refractivity contribution < 1.29 is 4.74 Å². The lowest BCUT2D eigenvalue weighted by molar-refractivity contribution is 0.0737. The van der Waals surface area contributed by atoms with Crippen molar-refractivity contribution in [1.29, 1.82) is 0 Å². The van der Waals surface area contributed by atoms with Crippen LogP contribution in [0.2, 0.25) is 0 Å². The van der Waals surface area contributed by atoms with Crippen LogP contribution in [0.3, 0.4) is 0 Å². The van der Waals surface area contributed by atoms with E-state index in [2.05, 4.69) is 24.1 Å². The zero-order valence-electron chi connectivity index (χ0n) is 13.3. The van der Waals surface area contributed by atoms with Crippen molar-refractivity contribution in [1.82, 2.24) is 10.2 Å². The monoisotopic (exact) mass is 280 g/mol. The molecule has 4 unspecified atom stereocenters. The smallest absolute Gasteiger partial charge is 0.0757 e. The Morgan fingerprint density at radius 1 is 1.25 bits per heavy atom. The maximum absolute atomic E-state index is 5.96. The van der Waals surface area contributed by atoms with Gasteiger partial charge in [0.2, 0.25) is 0 Å². The Kier molecular flexibility index (Phi) is 5.00. The summed E-state index contributed by atoms with van der Waals surface area (Å²) in [5.74, 6) is 1.70. The molecule has 4 atom stereocenters. The van der Waals surface area contributed by atoms with Crippen LogP contribution in [0, 0.1) is 11.8 Å². The van der Waals surface area contributed by atoms with Crippen LogP contribution in [0.15, 0.2) is 0 Å². The van der Waals surface area contributed by atoms with Crippen molar-refractivity contribution in [3.05, 3.63) is 0 Å². The zero-order chi connectivity index (χ0) is 13.9. The highest BCUT2D eigenvalue weighted by Gasteiger charge is 2.41. The summed E-state index contributed by atoms with van der Waals surface area (Å²) in [5.41, 5.74) is 0. The maximum atomic E-state index is 5.96.